The number of nitrogens with one attached hydrogen (secondary N) is 1. The molecule has 1 amide bonds. The molecule has 1 aromatic carbocycles. The van der Waals surface area contributed by atoms with Gasteiger partial charge in [0.15, 0.2) is 11.6 Å². The van der Waals surface area contributed by atoms with Crippen LogP contribution < -0.4 is 5.32 Å². The zero-order valence-electron chi connectivity index (χ0n) is 14.0. The van der Waals surface area contributed by atoms with E-state index in [4.69, 9.17) is 11.6 Å². The van der Waals surface area contributed by atoms with Crippen LogP contribution in [0.5, 0.6) is 0 Å². The lowest BCUT2D eigenvalue weighted by Crippen LogP contribution is -2.39. The van der Waals surface area contributed by atoms with Gasteiger partial charge in [-0.1, -0.05) is 11.6 Å². The fourth-order valence-electron chi connectivity index (χ4n) is 3.61. The van der Waals surface area contributed by atoms with Crippen molar-refractivity contribution in [2.45, 2.75) is 31.8 Å². The van der Waals surface area contributed by atoms with Crippen molar-refractivity contribution >= 4 is 17.5 Å². The Labute approximate surface area is 154 Å². The Kier molecular flexibility index (Phi) is 4.62. The molecule has 2 aliphatic heterocycles. The van der Waals surface area contributed by atoms with Gasteiger partial charge in [0.2, 0.25) is 0 Å². The van der Waals surface area contributed by atoms with Gasteiger partial charge in [-0.15, -0.1) is 10.2 Å². The molecule has 1 N–H and O–H groups in total. The summed E-state index contributed by atoms with van der Waals surface area (Å²) in [6, 6.07) is 1.71. The summed E-state index contributed by atoms with van der Waals surface area (Å²) in [6.07, 6.45) is 1.50. The van der Waals surface area contributed by atoms with Gasteiger partial charge in [0.05, 0.1) is 17.1 Å². The normalized spacial score (nSPS) is 18.0. The molecule has 4 rings (SSSR count). The van der Waals surface area contributed by atoms with Crippen molar-refractivity contribution < 1.29 is 13.6 Å². The van der Waals surface area contributed by atoms with Crippen molar-refractivity contribution in [3.63, 3.8) is 0 Å². The number of carbonyl (C=O) groups excluding carboxylic acids is 1. The largest absolute Gasteiger partial charge is 0.339 e. The van der Waals surface area contributed by atoms with Gasteiger partial charge in [-0.3, -0.25) is 4.79 Å². The molecule has 1 aromatic heterocycles. The second kappa shape index (κ2) is 6.92. The third-order valence-corrected chi connectivity index (χ3v) is 5.35. The van der Waals surface area contributed by atoms with Crippen LogP contribution in [0.2, 0.25) is 5.02 Å². The van der Waals surface area contributed by atoms with Crippen LogP contribution in [0.4, 0.5) is 8.78 Å². The van der Waals surface area contributed by atoms with Crippen molar-refractivity contribution in [3.05, 3.63) is 46.0 Å². The van der Waals surface area contributed by atoms with Crippen LogP contribution in [-0.4, -0.2) is 45.2 Å². The van der Waals surface area contributed by atoms with E-state index in [9.17, 15) is 13.6 Å². The first-order chi connectivity index (χ1) is 12.5. The number of hydrogen-bond acceptors (Lipinski definition) is 4. The lowest BCUT2D eigenvalue weighted by molar-refractivity contribution is 0.0709. The average Bonchev–Trinajstić information content (AvgIpc) is 3.08. The lowest BCUT2D eigenvalue weighted by atomic mass is 9.95. The van der Waals surface area contributed by atoms with Gasteiger partial charge in [0.1, 0.15) is 11.6 Å². The lowest BCUT2D eigenvalue weighted by Gasteiger charge is -2.32. The number of rotatable bonds is 2. The average molecular weight is 382 g/mol. The fraction of sp³-hybridized carbons (Fsp3) is 0.471. The Morgan fingerprint density at radius 1 is 1.15 bits per heavy atom. The van der Waals surface area contributed by atoms with Crippen LogP contribution >= 0.6 is 11.6 Å². The summed E-state index contributed by atoms with van der Waals surface area (Å²) in [7, 11) is 0. The summed E-state index contributed by atoms with van der Waals surface area (Å²) in [6.45, 7) is 3.49. The quantitative estimate of drug-likeness (QED) is 0.811. The number of benzene rings is 1. The monoisotopic (exact) mass is 381 g/mol. The summed E-state index contributed by atoms with van der Waals surface area (Å²) in [4.78, 5) is 14.2. The Morgan fingerprint density at radius 2 is 1.88 bits per heavy atom. The van der Waals surface area contributed by atoms with Crippen molar-refractivity contribution in [3.8, 4) is 0 Å². The van der Waals surface area contributed by atoms with Gasteiger partial charge in [0.25, 0.3) is 5.91 Å². The Balaban J connectivity index is 1.46. The minimum absolute atomic E-state index is 0.00468. The van der Waals surface area contributed by atoms with Gasteiger partial charge in [-0.2, -0.15) is 0 Å². The van der Waals surface area contributed by atoms with E-state index in [1.165, 1.54) is 0 Å². The number of aromatic nitrogens is 3. The number of fused-ring (bicyclic) bond motifs is 1. The first-order valence-corrected chi connectivity index (χ1v) is 8.99. The molecule has 0 radical (unpaired) electrons. The molecule has 2 aliphatic rings. The predicted molar refractivity (Wildman–Crippen MR) is 91.0 cm³/mol. The smallest absolute Gasteiger partial charge is 0.255 e. The second-order valence-corrected chi connectivity index (χ2v) is 7.02. The van der Waals surface area contributed by atoms with Gasteiger partial charge < -0.3 is 14.8 Å². The summed E-state index contributed by atoms with van der Waals surface area (Å²) in [5.74, 6) is -0.357. The molecule has 0 aliphatic carbocycles. The topological polar surface area (TPSA) is 63.1 Å². The van der Waals surface area contributed by atoms with Crippen molar-refractivity contribution in [2.24, 2.45) is 0 Å². The zero-order chi connectivity index (χ0) is 18.3. The molecule has 0 atom stereocenters. The Morgan fingerprint density at radius 3 is 2.65 bits per heavy atom. The van der Waals surface area contributed by atoms with Crippen molar-refractivity contribution in [1.82, 2.24) is 25.0 Å². The highest BCUT2D eigenvalue weighted by atomic mass is 35.5. The number of amides is 1. The van der Waals surface area contributed by atoms with E-state index in [1.807, 2.05) is 0 Å². The first-order valence-electron chi connectivity index (χ1n) is 8.61. The highest BCUT2D eigenvalue weighted by Crippen LogP contribution is 2.30. The number of halogens is 3. The number of nitrogens with zero attached hydrogens (tertiary/aromatic N) is 4. The highest BCUT2D eigenvalue weighted by molar-refractivity contribution is 6.33. The van der Waals surface area contributed by atoms with Crippen LogP contribution in [0.1, 0.15) is 40.8 Å². The van der Waals surface area contributed by atoms with E-state index in [-0.39, 0.29) is 22.4 Å². The van der Waals surface area contributed by atoms with Crippen LogP contribution in [-0.2, 0) is 13.1 Å². The number of carbonyl (C=O) groups is 1. The summed E-state index contributed by atoms with van der Waals surface area (Å²) in [5.41, 5.74) is -0.00468. The second-order valence-electron chi connectivity index (χ2n) is 6.62. The van der Waals surface area contributed by atoms with E-state index in [2.05, 4.69) is 20.1 Å². The zero-order valence-corrected chi connectivity index (χ0v) is 14.8. The number of piperidine rings is 1. The molecule has 26 heavy (non-hydrogen) atoms. The first kappa shape index (κ1) is 17.4. The molecule has 6 nitrogen and oxygen atoms in total. The molecule has 2 aromatic rings. The third kappa shape index (κ3) is 3.07. The standard InChI is InChI=1S/C17H18ClF2N5O/c18-12-8-14(20)13(19)7-11(12)17(26)24-4-1-10(2-5-24)16-23-22-15-9-21-3-6-25(15)16/h7-8,10,21H,1-6,9H2. The van der Waals surface area contributed by atoms with E-state index >= 15 is 0 Å². The maximum Gasteiger partial charge on any atom is 0.255 e. The number of hydrogen-bond donors (Lipinski definition) is 1. The van der Waals surface area contributed by atoms with E-state index in [0.29, 0.717) is 13.1 Å². The van der Waals surface area contributed by atoms with Gasteiger partial charge in [0, 0.05) is 32.1 Å². The highest BCUT2D eigenvalue weighted by Gasteiger charge is 2.30. The van der Waals surface area contributed by atoms with Crippen LogP contribution in [0, 0.1) is 11.6 Å². The van der Waals surface area contributed by atoms with E-state index in [1.54, 1.807) is 4.90 Å². The third-order valence-electron chi connectivity index (χ3n) is 5.04. The maximum atomic E-state index is 13.5. The molecule has 1 fully saturated rings. The molecule has 1 saturated heterocycles. The number of likely N-dealkylation sites (tertiary alicyclic amines) is 1. The molecule has 0 bridgehead atoms. The Bertz CT molecular complexity index is 848. The summed E-state index contributed by atoms with van der Waals surface area (Å²) < 4.78 is 28.8. The van der Waals surface area contributed by atoms with Crippen LogP contribution in [0.15, 0.2) is 12.1 Å². The van der Waals surface area contributed by atoms with E-state index < -0.39 is 11.6 Å². The fourth-order valence-corrected chi connectivity index (χ4v) is 3.85. The molecular weight excluding hydrogens is 364 g/mol. The summed E-state index contributed by atoms with van der Waals surface area (Å²) in [5, 5.41) is 11.8. The van der Waals surface area contributed by atoms with Crippen molar-refractivity contribution in [1.29, 1.82) is 0 Å². The van der Waals surface area contributed by atoms with Gasteiger partial charge >= 0.3 is 0 Å². The molecule has 138 valence electrons. The SMILES string of the molecule is O=C(c1cc(F)c(F)cc1Cl)N1CCC(c2nnc3n2CCNC3)CC1. The van der Waals surface area contributed by atoms with Gasteiger partial charge in [-0.25, -0.2) is 8.78 Å². The van der Waals surface area contributed by atoms with Crippen LogP contribution in [0.25, 0.3) is 0 Å². The summed E-state index contributed by atoms with van der Waals surface area (Å²) >= 11 is 5.92. The molecule has 9 heteroatoms. The predicted octanol–water partition coefficient (Wildman–Crippen LogP) is 2.33. The van der Waals surface area contributed by atoms with Crippen LogP contribution in [0.3, 0.4) is 0 Å². The Hall–Kier alpha value is -2.06. The minimum atomic E-state index is -1.07. The van der Waals surface area contributed by atoms with Crippen molar-refractivity contribution in [2.75, 3.05) is 19.6 Å². The molecule has 3 heterocycles. The molecule has 0 spiro atoms. The maximum absolute atomic E-state index is 13.5. The minimum Gasteiger partial charge on any atom is -0.339 e. The molecular formula is C17H18ClF2N5O. The molecule has 0 unspecified atom stereocenters. The van der Waals surface area contributed by atoms with E-state index in [0.717, 1.165) is 56.3 Å². The van der Waals surface area contributed by atoms with Gasteiger partial charge in [-0.05, 0) is 25.0 Å². The molecule has 0 saturated carbocycles.